The van der Waals surface area contributed by atoms with Crippen molar-refractivity contribution in [3.05, 3.63) is 0 Å². The summed E-state index contributed by atoms with van der Waals surface area (Å²) in [4.78, 5) is 15.5. The zero-order valence-corrected chi connectivity index (χ0v) is 9.55. The van der Waals surface area contributed by atoms with Gasteiger partial charge in [-0.1, -0.05) is 5.16 Å². The minimum Gasteiger partial charge on any atom is -0.461 e. The largest absolute Gasteiger partial charge is 0.461 e. The molecular weight excluding hydrogens is 227 g/mol. The van der Waals surface area contributed by atoms with Gasteiger partial charge in [-0.25, -0.2) is 9.18 Å². The van der Waals surface area contributed by atoms with Crippen LogP contribution in [0.2, 0.25) is 0 Å². The van der Waals surface area contributed by atoms with Crippen LogP contribution in [0.5, 0.6) is 0 Å². The fraction of sp³-hybridized carbons (Fsp3) is 0.750. The molecule has 0 rings (SSSR count). The molecule has 0 aliphatic rings. The van der Waals surface area contributed by atoms with Crippen molar-refractivity contribution in [1.29, 1.82) is 0 Å². The van der Waals surface area contributed by atoms with Crippen LogP contribution in [0.4, 0.5) is 4.39 Å². The van der Waals surface area contributed by atoms with Crippen LogP contribution in [0, 0.1) is 0 Å². The molecule has 0 saturated heterocycles. The maximum Gasteiger partial charge on any atom is 0.355 e. The maximum absolute atomic E-state index is 12.5. The first kappa shape index (κ1) is 16.5. The Labute approximate surface area is 94.2 Å². The normalized spacial score (nSPS) is 12.7. The number of carbonyl (C=O) groups is 1. The van der Waals surface area contributed by atoms with E-state index in [2.05, 4.69) is 14.7 Å². The number of nitrogens with zero attached hydrogens (tertiary/aromatic N) is 1. The molecule has 0 aromatic rings. The zero-order valence-electron chi connectivity index (χ0n) is 8.73. The lowest BCUT2D eigenvalue weighted by atomic mass is 10.4. The first-order valence-corrected chi connectivity index (χ1v) is 4.29. The van der Waals surface area contributed by atoms with Gasteiger partial charge in [0.25, 0.3) is 0 Å². The Morgan fingerprint density at radius 2 is 2.20 bits per heavy atom. The Morgan fingerprint density at radius 3 is 2.67 bits per heavy atom. The molecule has 0 saturated carbocycles. The molecular formula is C8H16ClFN2O3. The van der Waals surface area contributed by atoms with Crippen molar-refractivity contribution in [2.75, 3.05) is 19.8 Å². The van der Waals surface area contributed by atoms with E-state index in [1.807, 2.05) is 0 Å². The molecule has 2 N–H and O–H groups in total. The summed E-state index contributed by atoms with van der Waals surface area (Å²) < 4.78 is 17.1. The number of nitrogens with two attached hydrogens (primary N) is 1. The van der Waals surface area contributed by atoms with Crippen LogP contribution >= 0.6 is 12.4 Å². The summed E-state index contributed by atoms with van der Waals surface area (Å²) in [5.41, 5.74) is 5.05. The quantitative estimate of drug-likeness (QED) is 0.422. The van der Waals surface area contributed by atoms with Crippen LogP contribution in [-0.4, -0.2) is 37.6 Å². The van der Waals surface area contributed by atoms with Crippen LogP contribution in [0.3, 0.4) is 0 Å². The fourth-order valence-electron chi connectivity index (χ4n) is 0.556. The van der Waals surface area contributed by atoms with Crippen LogP contribution in [0.25, 0.3) is 0 Å². The van der Waals surface area contributed by atoms with E-state index in [4.69, 9.17) is 5.73 Å². The average molecular weight is 243 g/mol. The van der Waals surface area contributed by atoms with Gasteiger partial charge >= 0.3 is 5.97 Å². The molecule has 0 bridgehead atoms. The molecule has 0 fully saturated rings. The predicted octanol–water partition coefficient (Wildman–Crippen LogP) is 0.661. The van der Waals surface area contributed by atoms with Crippen molar-refractivity contribution < 1.29 is 18.8 Å². The highest BCUT2D eigenvalue weighted by atomic mass is 35.5. The van der Waals surface area contributed by atoms with Crippen molar-refractivity contribution in [3.63, 3.8) is 0 Å². The monoisotopic (exact) mass is 242 g/mol. The highest BCUT2D eigenvalue weighted by Crippen LogP contribution is 1.91. The van der Waals surface area contributed by atoms with Crippen molar-refractivity contribution in [2.24, 2.45) is 10.9 Å². The molecule has 90 valence electrons. The first-order valence-electron chi connectivity index (χ1n) is 4.29. The lowest BCUT2D eigenvalue weighted by Crippen LogP contribution is -2.21. The number of hydrogen-bond donors (Lipinski definition) is 1. The van der Waals surface area contributed by atoms with Gasteiger partial charge in [-0.2, -0.15) is 0 Å². The minimum atomic E-state index is -1.27. The Bertz CT molecular complexity index is 214. The van der Waals surface area contributed by atoms with E-state index in [1.54, 1.807) is 6.92 Å². The third kappa shape index (κ3) is 8.14. The van der Waals surface area contributed by atoms with Gasteiger partial charge in [0, 0.05) is 6.54 Å². The predicted molar refractivity (Wildman–Crippen MR) is 56.9 cm³/mol. The summed E-state index contributed by atoms with van der Waals surface area (Å²) in [6, 6.07) is 0. The second-order valence-corrected chi connectivity index (χ2v) is 2.53. The van der Waals surface area contributed by atoms with E-state index in [0.29, 0.717) is 0 Å². The van der Waals surface area contributed by atoms with Gasteiger partial charge in [0.2, 0.25) is 0 Å². The average Bonchev–Trinajstić information content (AvgIpc) is 2.17. The van der Waals surface area contributed by atoms with Gasteiger partial charge in [0.15, 0.2) is 5.71 Å². The molecule has 0 spiro atoms. The number of ether oxygens (including phenoxy) is 1. The van der Waals surface area contributed by atoms with Crippen LogP contribution in [0.1, 0.15) is 13.8 Å². The Kier molecular flexibility index (Phi) is 10.7. The molecule has 1 unspecified atom stereocenters. The summed E-state index contributed by atoms with van der Waals surface area (Å²) in [5, 5.41) is 3.38. The summed E-state index contributed by atoms with van der Waals surface area (Å²) in [6.45, 7) is 2.98. The number of halogens is 2. The van der Waals surface area contributed by atoms with E-state index in [-0.39, 0.29) is 37.9 Å². The Balaban J connectivity index is 0. The van der Waals surface area contributed by atoms with Crippen molar-refractivity contribution in [1.82, 2.24) is 0 Å². The van der Waals surface area contributed by atoms with Gasteiger partial charge in [-0.05, 0) is 13.8 Å². The zero-order chi connectivity index (χ0) is 11.0. The van der Waals surface area contributed by atoms with Gasteiger partial charge in [-0.15, -0.1) is 12.4 Å². The second-order valence-electron chi connectivity index (χ2n) is 2.53. The molecule has 0 amide bonds. The summed E-state index contributed by atoms with van der Waals surface area (Å²) in [5.74, 6) is -0.573. The van der Waals surface area contributed by atoms with Gasteiger partial charge in [0.05, 0.1) is 6.61 Å². The first-order chi connectivity index (χ1) is 6.61. The number of oxime groups is 1. The van der Waals surface area contributed by atoms with E-state index < -0.39 is 12.1 Å². The third-order valence-corrected chi connectivity index (χ3v) is 1.28. The lowest BCUT2D eigenvalue weighted by molar-refractivity contribution is -0.135. The molecule has 15 heavy (non-hydrogen) atoms. The highest BCUT2D eigenvalue weighted by molar-refractivity contribution is 6.35. The molecule has 0 radical (unpaired) electrons. The van der Waals surface area contributed by atoms with Gasteiger partial charge < -0.3 is 15.3 Å². The molecule has 0 aliphatic carbocycles. The SMILES string of the molecule is CCOC(=O)C(C)=NOCC(F)CN.Cl. The molecule has 0 aromatic carbocycles. The minimum absolute atomic E-state index is 0. The van der Waals surface area contributed by atoms with E-state index >= 15 is 0 Å². The Morgan fingerprint density at radius 1 is 1.60 bits per heavy atom. The molecule has 5 nitrogen and oxygen atoms in total. The Hall–Kier alpha value is -0.880. The molecule has 0 heterocycles. The van der Waals surface area contributed by atoms with Gasteiger partial charge in [-0.3, -0.25) is 0 Å². The lowest BCUT2D eigenvalue weighted by Gasteiger charge is -2.04. The number of rotatable bonds is 6. The second kappa shape index (κ2) is 9.67. The van der Waals surface area contributed by atoms with Crippen LogP contribution in [-0.2, 0) is 14.4 Å². The molecule has 0 aliphatic heterocycles. The van der Waals surface area contributed by atoms with Crippen LogP contribution < -0.4 is 5.73 Å². The number of carbonyl (C=O) groups excluding carboxylic acids is 1. The smallest absolute Gasteiger partial charge is 0.355 e. The third-order valence-electron chi connectivity index (χ3n) is 1.28. The van der Waals surface area contributed by atoms with Crippen molar-refractivity contribution in [3.8, 4) is 0 Å². The summed E-state index contributed by atoms with van der Waals surface area (Å²) in [7, 11) is 0. The summed E-state index contributed by atoms with van der Waals surface area (Å²) in [6.07, 6.45) is -1.27. The van der Waals surface area contributed by atoms with E-state index in [9.17, 15) is 9.18 Å². The number of esters is 1. The van der Waals surface area contributed by atoms with Crippen molar-refractivity contribution in [2.45, 2.75) is 20.0 Å². The van der Waals surface area contributed by atoms with E-state index in [1.165, 1.54) is 6.92 Å². The van der Waals surface area contributed by atoms with E-state index in [0.717, 1.165) is 0 Å². The topological polar surface area (TPSA) is 73.9 Å². The highest BCUT2D eigenvalue weighted by Gasteiger charge is 2.08. The van der Waals surface area contributed by atoms with Crippen LogP contribution in [0.15, 0.2) is 5.16 Å². The number of alkyl halides is 1. The molecule has 1 atom stereocenters. The molecule has 0 aromatic heterocycles. The maximum atomic E-state index is 12.5. The summed E-state index contributed by atoms with van der Waals surface area (Å²) >= 11 is 0. The van der Waals surface area contributed by atoms with Gasteiger partial charge in [0.1, 0.15) is 12.8 Å². The standard InChI is InChI=1S/C8H15FN2O3.ClH/c1-3-13-8(12)6(2)11-14-5-7(9)4-10;/h7H,3-5,10H2,1-2H3;1H. The molecule has 7 heteroatoms. The van der Waals surface area contributed by atoms with Crippen molar-refractivity contribution >= 4 is 24.1 Å². The number of hydrogen-bond acceptors (Lipinski definition) is 5. The fourth-order valence-corrected chi connectivity index (χ4v) is 0.556.